The lowest BCUT2D eigenvalue weighted by Gasteiger charge is -2.15. The van der Waals surface area contributed by atoms with Crippen molar-refractivity contribution >= 4 is 17.6 Å². The molecule has 0 fully saturated rings. The van der Waals surface area contributed by atoms with Crippen molar-refractivity contribution in [2.24, 2.45) is 11.7 Å². The van der Waals surface area contributed by atoms with Gasteiger partial charge in [-0.05, 0) is 11.5 Å². The molecule has 2 amide bonds. The highest BCUT2D eigenvalue weighted by Crippen LogP contribution is 2.24. The Morgan fingerprint density at radius 1 is 1.18 bits per heavy atom. The van der Waals surface area contributed by atoms with Crippen molar-refractivity contribution in [3.63, 3.8) is 0 Å². The lowest BCUT2D eigenvalue weighted by atomic mass is 9.92. The van der Waals surface area contributed by atoms with Gasteiger partial charge in [-0.3, -0.25) is 9.59 Å². The van der Waals surface area contributed by atoms with Crippen molar-refractivity contribution < 1.29 is 9.59 Å². The lowest BCUT2D eigenvalue weighted by Crippen LogP contribution is -2.46. The van der Waals surface area contributed by atoms with E-state index in [-0.39, 0.29) is 29.7 Å². The topological polar surface area (TPSA) is 102 Å². The molecule has 0 radical (unpaired) electrons. The Morgan fingerprint density at radius 2 is 1.82 bits per heavy atom. The number of carbonyl (C=O) groups excluding carboxylic acids is 2. The van der Waals surface area contributed by atoms with E-state index in [4.69, 9.17) is 5.73 Å². The summed E-state index contributed by atoms with van der Waals surface area (Å²) in [5, 5.41) is 10.1. The van der Waals surface area contributed by atoms with Crippen LogP contribution in [0.5, 0.6) is 0 Å². The first-order valence-electron chi connectivity index (χ1n) is 9.53. The maximum absolute atomic E-state index is 12.4. The van der Waals surface area contributed by atoms with E-state index in [0.717, 1.165) is 11.3 Å². The molecule has 0 saturated carbocycles. The third-order valence-electron chi connectivity index (χ3n) is 4.44. The Balaban J connectivity index is 2.11. The van der Waals surface area contributed by atoms with Crippen LogP contribution in [0.25, 0.3) is 0 Å². The zero-order valence-corrected chi connectivity index (χ0v) is 17.3. The Hall–Kier alpha value is -2.67. The third kappa shape index (κ3) is 5.92. The van der Waals surface area contributed by atoms with Crippen molar-refractivity contribution in [3.8, 4) is 0 Å². The number of benzene rings is 1. The summed E-state index contributed by atoms with van der Waals surface area (Å²) in [5.74, 6) is -0.0526. The Morgan fingerprint density at radius 3 is 2.39 bits per heavy atom. The fraction of sp³-hybridized carbons (Fsp3) is 0.476. The van der Waals surface area contributed by atoms with Crippen LogP contribution in [0.1, 0.15) is 45.9 Å². The van der Waals surface area contributed by atoms with Crippen molar-refractivity contribution in [2.45, 2.75) is 52.6 Å². The molecule has 0 aliphatic rings. The van der Waals surface area contributed by atoms with E-state index in [1.807, 2.05) is 50.2 Å². The molecule has 1 heterocycles. The molecule has 152 valence electrons. The summed E-state index contributed by atoms with van der Waals surface area (Å²) in [6.45, 7) is 10.3. The van der Waals surface area contributed by atoms with Gasteiger partial charge in [0, 0.05) is 11.5 Å². The Kier molecular flexibility index (Phi) is 6.96. The summed E-state index contributed by atoms with van der Waals surface area (Å²) >= 11 is 0. The van der Waals surface area contributed by atoms with Crippen LogP contribution in [0, 0.1) is 5.92 Å². The van der Waals surface area contributed by atoms with Gasteiger partial charge in [0.05, 0.1) is 24.8 Å². The quantitative estimate of drug-likeness (QED) is 0.680. The first-order chi connectivity index (χ1) is 13.1. The summed E-state index contributed by atoms with van der Waals surface area (Å²) in [4.78, 5) is 24.3. The zero-order chi connectivity index (χ0) is 20.9. The highest BCUT2D eigenvalue weighted by molar-refractivity contribution is 5.94. The first-order valence-corrected chi connectivity index (χ1v) is 9.53. The first kappa shape index (κ1) is 21.6. The monoisotopic (exact) mass is 385 g/mol. The number of hydrogen-bond acceptors (Lipinski definition) is 4. The molecule has 4 N–H and O–H groups in total. The third-order valence-corrected chi connectivity index (χ3v) is 4.44. The van der Waals surface area contributed by atoms with E-state index in [2.05, 4.69) is 36.5 Å². The Bertz CT molecular complexity index is 806. The minimum Gasteiger partial charge on any atom is -0.346 e. The number of rotatable bonds is 7. The van der Waals surface area contributed by atoms with Gasteiger partial charge in [-0.2, -0.15) is 5.10 Å². The van der Waals surface area contributed by atoms with E-state index in [0.29, 0.717) is 12.4 Å². The van der Waals surface area contributed by atoms with Crippen molar-refractivity contribution in [1.29, 1.82) is 0 Å². The fourth-order valence-electron chi connectivity index (χ4n) is 2.54. The van der Waals surface area contributed by atoms with Gasteiger partial charge >= 0.3 is 0 Å². The van der Waals surface area contributed by atoms with E-state index >= 15 is 0 Å². The van der Waals surface area contributed by atoms with Crippen LogP contribution in [0.2, 0.25) is 0 Å². The van der Waals surface area contributed by atoms with Crippen LogP contribution < -0.4 is 16.4 Å². The highest BCUT2D eigenvalue weighted by Gasteiger charge is 2.22. The molecule has 0 aliphatic heterocycles. The summed E-state index contributed by atoms with van der Waals surface area (Å²) in [7, 11) is 0. The molecule has 0 saturated heterocycles. The van der Waals surface area contributed by atoms with Gasteiger partial charge in [-0.25, -0.2) is 4.68 Å². The fourth-order valence-corrected chi connectivity index (χ4v) is 2.54. The van der Waals surface area contributed by atoms with Crippen molar-refractivity contribution in [3.05, 3.63) is 47.7 Å². The maximum atomic E-state index is 12.4. The lowest BCUT2D eigenvalue weighted by molar-refractivity contribution is -0.125. The molecule has 0 aliphatic carbocycles. The summed E-state index contributed by atoms with van der Waals surface area (Å²) < 4.78 is 1.77. The molecule has 2 rings (SSSR count). The zero-order valence-electron chi connectivity index (χ0n) is 17.3. The molecule has 7 nitrogen and oxygen atoms in total. The van der Waals surface area contributed by atoms with E-state index in [1.54, 1.807) is 4.68 Å². The second kappa shape index (κ2) is 9.01. The maximum Gasteiger partial charge on any atom is 0.244 e. The number of carbonyl (C=O) groups is 2. The van der Waals surface area contributed by atoms with E-state index in [9.17, 15) is 9.59 Å². The second-order valence-corrected chi connectivity index (χ2v) is 8.34. The number of nitrogens with one attached hydrogen (secondary N) is 2. The largest absolute Gasteiger partial charge is 0.346 e. The van der Waals surface area contributed by atoms with Crippen LogP contribution >= 0.6 is 0 Å². The van der Waals surface area contributed by atoms with Gasteiger partial charge in [0.25, 0.3) is 0 Å². The van der Waals surface area contributed by atoms with Gasteiger partial charge in [-0.1, -0.05) is 65.0 Å². The van der Waals surface area contributed by atoms with E-state index in [1.165, 1.54) is 0 Å². The SMILES string of the molecule is CC(C)[C@H](N)C(=O)NCC(=O)Nc1cc(C(C)(C)C)nn1Cc1ccccc1. The predicted octanol–water partition coefficient (Wildman–Crippen LogP) is 2.27. The molecule has 28 heavy (non-hydrogen) atoms. The molecule has 7 heteroatoms. The van der Waals surface area contributed by atoms with Crippen LogP contribution in [0.15, 0.2) is 36.4 Å². The number of amides is 2. The van der Waals surface area contributed by atoms with Gasteiger partial charge in [-0.15, -0.1) is 0 Å². The molecule has 1 aromatic heterocycles. The van der Waals surface area contributed by atoms with E-state index < -0.39 is 6.04 Å². The predicted molar refractivity (Wildman–Crippen MR) is 111 cm³/mol. The summed E-state index contributed by atoms with van der Waals surface area (Å²) in [6, 6.07) is 11.2. The molecular weight excluding hydrogens is 354 g/mol. The Labute approximate surface area is 166 Å². The standard InChI is InChI=1S/C21H31N5O2/c1-14(2)19(22)20(28)23-12-18(27)24-17-11-16(21(3,4)5)25-26(17)13-15-9-7-6-8-10-15/h6-11,14,19H,12-13,22H2,1-5H3,(H,23,28)(H,24,27)/t19-/m0/s1. The molecule has 1 aromatic carbocycles. The minimum absolute atomic E-state index is 0.00436. The minimum atomic E-state index is -0.635. The van der Waals surface area contributed by atoms with Crippen LogP contribution in [0.3, 0.4) is 0 Å². The van der Waals surface area contributed by atoms with Crippen LogP contribution in [0.4, 0.5) is 5.82 Å². The van der Waals surface area contributed by atoms with Gasteiger partial charge in [0.1, 0.15) is 5.82 Å². The van der Waals surface area contributed by atoms with Gasteiger partial charge < -0.3 is 16.4 Å². The van der Waals surface area contributed by atoms with Gasteiger partial charge in [0.2, 0.25) is 11.8 Å². The van der Waals surface area contributed by atoms with Crippen LogP contribution in [-0.2, 0) is 21.5 Å². The smallest absolute Gasteiger partial charge is 0.244 e. The molecule has 0 spiro atoms. The molecular formula is C21H31N5O2. The molecule has 0 bridgehead atoms. The number of nitrogens with two attached hydrogens (primary N) is 1. The normalized spacial score (nSPS) is 12.7. The average Bonchev–Trinajstić information content (AvgIpc) is 3.02. The highest BCUT2D eigenvalue weighted by atomic mass is 16.2. The summed E-state index contributed by atoms with van der Waals surface area (Å²) in [6.07, 6.45) is 0. The average molecular weight is 386 g/mol. The number of aromatic nitrogens is 2. The number of hydrogen-bond donors (Lipinski definition) is 3. The van der Waals surface area contributed by atoms with Crippen molar-refractivity contribution in [2.75, 3.05) is 11.9 Å². The molecule has 0 unspecified atom stereocenters. The van der Waals surface area contributed by atoms with Crippen molar-refractivity contribution in [1.82, 2.24) is 15.1 Å². The summed E-state index contributed by atoms with van der Waals surface area (Å²) in [5.41, 5.74) is 7.61. The number of anilines is 1. The number of nitrogens with zero attached hydrogens (tertiary/aromatic N) is 2. The van der Waals surface area contributed by atoms with Crippen LogP contribution in [-0.4, -0.2) is 34.2 Å². The molecule has 2 aromatic rings. The second-order valence-electron chi connectivity index (χ2n) is 8.34. The molecule has 1 atom stereocenters. The van der Waals surface area contributed by atoms with Gasteiger partial charge in [0.15, 0.2) is 0 Å².